The SMILES string of the molecule is CCc1cc(N2CCN(c3ccc(Br)cc3)CC2)ncn1. The van der Waals surface area contributed by atoms with Gasteiger partial charge < -0.3 is 9.80 Å². The third kappa shape index (κ3) is 3.35. The van der Waals surface area contributed by atoms with Crippen LogP contribution in [0.2, 0.25) is 0 Å². The Morgan fingerprint density at radius 2 is 1.67 bits per heavy atom. The van der Waals surface area contributed by atoms with E-state index in [-0.39, 0.29) is 0 Å². The van der Waals surface area contributed by atoms with Crippen molar-refractivity contribution in [3.8, 4) is 0 Å². The zero-order valence-corrected chi connectivity index (χ0v) is 13.8. The topological polar surface area (TPSA) is 32.3 Å². The number of piperazine rings is 1. The van der Waals surface area contributed by atoms with Crippen LogP contribution in [0.25, 0.3) is 0 Å². The molecule has 21 heavy (non-hydrogen) atoms. The van der Waals surface area contributed by atoms with Gasteiger partial charge in [-0.15, -0.1) is 0 Å². The largest absolute Gasteiger partial charge is 0.368 e. The van der Waals surface area contributed by atoms with Crippen molar-refractivity contribution < 1.29 is 0 Å². The van der Waals surface area contributed by atoms with Gasteiger partial charge >= 0.3 is 0 Å². The molecule has 1 fully saturated rings. The van der Waals surface area contributed by atoms with E-state index in [2.05, 4.69) is 73.0 Å². The van der Waals surface area contributed by atoms with Crippen LogP contribution in [0.3, 0.4) is 0 Å². The maximum Gasteiger partial charge on any atom is 0.132 e. The van der Waals surface area contributed by atoms with Gasteiger partial charge in [0.2, 0.25) is 0 Å². The Bertz CT molecular complexity index is 591. The minimum Gasteiger partial charge on any atom is -0.368 e. The molecule has 3 rings (SSSR count). The Morgan fingerprint density at radius 3 is 2.33 bits per heavy atom. The summed E-state index contributed by atoms with van der Waals surface area (Å²) < 4.78 is 1.12. The number of hydrogen-bond donors (Lipinski definition) is 0. The van der Waals surface area contributed by atoms with Crippen molar-refractivity contribution in [2.24, 2.45) is 0 Å². The first-order chi connectivity index (χ1) is 10.3. The maximum atomic E-state index is 4.41. The van der Waals surface area contributed by atoms with Gasteiger partial charge in [-0.1, -0.05) is 22.9 Å². The molecule has 0 radical (unpaired) electrons. The molecule has 5 heteroatoms. The summed E-state index contributed by atoms with van der Waals surface area (Å²) in [5, 5.41) is 0. The molecule has 0 saturated carbocycles. The molecular formula is C16H19BrN4. The second kappa shape index (κ2) is 6.43. The number of benzene rings is 1. The fourth-order valence-corrected chi connectivity index (χ4v) is 2.86. The number of anilines is 2. The van der Waals surface area contributed by atoms with Crippen molar-refractivity contribution in [1.29, 1.82) is 0 Å². The fourth-order valence-electron chi connectivity index (χ4n) is 2.60. The Kier molecular flexibility index (Phi) is 4.39. The third-order valence-electron chi connectivity index (χ3n) is 3.87. The van der Waals surface area contributed by atoms with E-state index < -0.39 is 0 Å². The van der Waals surface area contributed by atoms with E-state index in [0.29, 0.717) is 0 Å². The van der Waals surface area contributed by atoms with E-state index in [4.69, 9.17) is 0 Å². The lowest BCUT2D eigenvalue weighted by molar-refractivity contribution is 0.646. The molecule has 0 N–H and O–H groups in total. The zero-order chi connectivity index (χ0) is 14.7. The standard InChI is InChI=1S/C16H19BrN4/c1-2-14-11-16(19-12-18-14)21-9-7-20(8-10-21)15-5-3-13(17)4-6-15/h3-6,11-12H,2,7-10H2,1H3. The van der Waals surface area contributed by atoms with Crippen molar-refractivity contribution in [3.05, 3.63) is 46.8 Å². The highest BCUT2D eigenvalue weighted by Gasteiger charge is 2.18. The molecule has 4 nitrogen and oxygen atoms in total. The molecule has 2 aromatic rings. The molecule has 1 aromatic heterocycles. The first-order valence-electron chi connectivity index (χ1n) is 7.32. The molecule has 2 heterocycles. The van der Waals surface area contributed by atoms with Crippen LogP contribution in [0.1, 0.15) is 12.6 Å². The molecule has 1 aliphatic rings. The zero-order valence-electron chi connectivity index (χ0n) is 12.2. The minimum atomic E-state index is 0.953. The summed E-state index contributed by atoms with van der Waals surface area (Å²) in [5.74, 6) is 1.05. The highest BCUT2D eigenvalue weighted by Crippen LogP contribution is 2.21. The van der Waals surface area contributed by atoms with Gasteiger partial charge in [0.25, 0.3) is 0 Å². The smallest absolute Gasteiger partial charge is 0.132 e. The lowest BCUT2D eigenvalue weighted by Gasteiger charge is -2.36. The lowest BCUT2D eigenvalue weighted by atomic mass is 10.2. The monoisotopic (exact) mass is 346 g/mol. The molecule has 0 amide bonds. The third-order valence-corrected chi connectivity index (χ3v) is 4.40. The number of nitrogens with zero attached hydrogens (tertiary/aromatic N) is 4. The first-order valence-corrected chi connectivity index (χ1v) is 8.12. The van der Waals surface area contributed by atoms with Gasteiger partial charge in [-0.3, -0.25) is 0 Å². The summed E-state index contributed by atoms with van der Waals surface area (Å²) in [6, 6.07) is 10.6. The molecule has 0 unspecified atom stereocenters. The number of aryl methyl sites for hydroxylation is 1. The molecule has 0 aliphatic carbocycles. The quantitative estimate of drug-likeness (QED) is 0.854. The second-order valence-electron chi connectivity index (χ2n) is 5.17. The number of halogens is 1. The Balaban J connectivity index is 1.65. The van der Waals surface area contributed by atoms with Gasteiger partial charge in [0, 0.05) is 48.1 Å². The van der Waals surface area contributed by atoms with Crippen molar-refractivity contribution in [2.45, 2.75) is 13.3 Å². The van der Waals surface area contributed by atoms with Crippen molar-refractivity contribution >= 4 is 27.4 Å². The minimum absolute atomic E-state index is 0.953. The van der Waals surface area contributed by atoms with E-state index in [1.807, 2.05) is 0 Å². The molecule has 0 bridgehead atoms. The average Bonchev–Trinajstić information content (AvgIpc) is 2.56. The Labute approximate surface area is 133 Å². The highest BCUT2D eigenvalue weighted by atomic mass is 79.9. The molecule has 1 aliphatic heterocycles. The molecule has 1 aromatic carbocycles. The van der Waals surface area contributed by atoms with Gasteiger partial charge in [-0.05, 0) is 30.7 Å². The van der Waals surface area contributed by atoms with E-state index >= 15 is 0 Å². The Morgan fingerprint density at radius 1 is 1.00 bits per heavy atom. The van der Waals surface area contributed by atoms with Crippen molar-refractivity contribution in [3.63, 3.8) is 0 Å². The van der Waals surface area contributed by atoms with Crippen LogP contribution in [0.5, 0.6) is 0 Å². The van der Waals surface area contributed by atoms with Gasteiger partial charge in [-0.25, -0.2) is 9.97 Å². The van der Waals surface area contributed by atoms with Gasteiger partial charge in [0.05, 0.1) is 0 Å². The van der Waals surface area contributed by atoms with Crippen LogP contribution in [-0.4, -0.2) is 36.1 Å². The van der Waals surface area contributed by atoms with Gasteiger partial charge in [0.1, 0.15) is 12.1 Å². The predicted octanol–water partition coefficient (Wildman–Crippen LogP) is 3.13. The van der Waals surface area contributed by atoms with Crippen LogP contribution < -0.4 is 9.80 Å². The summed E-state index contributed by atoms with van der Waals surface area (Å²) in [7, 11) is 0. The van der Waals surface area contributed by atoms with E-state index in [1.54, 1.807) is 6.33 Å². The van der Waals surface area contributed by atoms with Crippen LogP contribution in [-0.2, 0) is 6.42 Å². The fraction of sp³-hybridized carbons (Fsp3) is 0.375. The van der Waals surface area contributed by atoms with E-state index in [0.717, 1.165) is 48.6 Å². The van der Waals surface area contributed by atoms with E-state index in [9.17, 15) is 0 Å². The summed E-state index contributed by atoms with van der Waals surface area (Å²) >= 11 is 3.48. The highest BCUT2D eigenvalue weighted by molar-refractivity contribution is 9.10. The lowest BCUT2D eigenvalue weighted by Crippen LogP contribution is -2.46. The molecule has 1 saturated heterocycles. The second-order valence-corrected chi connectivity index (χ2v) is 6.09. The molecule has 110 valence electrons. The Hall–Kier alpha value is -1.62. The molecular weight excluding hydrogens is 328 g/mol. The van der Waals surface area contributed by atoms with Crippen LogP contribution >= 0.6 is 15.9 Å². The summed E-state index contributed by atoms with van der Waals surface area (Å²) in [6.07, 6.45) is 2.63. The number of aromatic nitrogens is 2. The molecule has 0 spiro atoms. The average molecular weight is 347 g/mol. The van der Waals surface area contributed by atoms with Crippen LogP contribution in [0.15, 0.2) is 41.1 Å². The van der Waals surface area contributed by atoms with Crippen LogP contribution in [0.4, 0.5) is 11.5 Å². The molecule has 0 atom stereocenters. The predicted molar refractivity (Wildman–Crippen MR) is 90.0 cm³/mol. The van der Waals surface area contributed by atoms with Crippen molar-refractivity contribution in [2.75, 3.05) is 36.0 Å². The number of rotatable bonds is 3. The summed E-state index contributed by atoms with van der Waals surface area (Å²) in [5.41, 5.74) is 2.39. The summed E-state index contributed by atoms with van der Waals surface area (Å²) in [6.45, 7) is 6.16. The van der Waals surface area contributed by atoms with Gasteiger partial charge in [0.15, 0.2) is 0 Å². The van der Waals surface area contributed by atoms with Crippen LogP contribution in [0, 0.1) is 0 Å². The normalized spacial score (nSPS) is 15.3. The summed E-state index contributed by atoms with van der Waals surface area (Å²) in [4.78, 5) is 13.4. The maximum absolute atomic E-state index is 4.41. The van der Waals surface area contributed by atoms with Crippen molar-refractivity contribution in [1.82, 2.24) is 9.97 Å². The first kappa shape index (κ1) is 14.3. The number of hydrogen-bond acceptors (Lipinski definition) is 4. The van der Waals surface area contributed by atoms with Gasteiger partial charge in [-0.2, -0.15) is 0 Å². The van der Waals surface area contributed by atoms with E-state index in [1.165, 1.54) is 5.69 Å².